The Morgan fingerprint density at radius 3 is 2.96 bits per heavy atom. The number of carbonyl (C=O) groups is 2. The van der Waals surface area contributed by atoms with Gasteiger partial charge in [0.2, 0.25) is 5.91 Å². The van der Waals surface area contributed by atoms with E-state index in [9.17, 15) is 9.59 Å². The third kappa shape index (κ3) is 4.41. The molecule has 27 heavy (non-hydrogen) atoms. The summed E-state index contributed by atoms with van der Waals surface area (Å²) in [4.78, 5) is 32.0. The zero-order valence-corrected chi connectivity index (χ0v) is 16.3. The lowest BCUT2D eigenvalue weighted by Gasteiger charge is -2.16. The van der Waals surface area contributed by atoms with Crippen LogP contribution in [0, 0.1) is 0 Å². The highest BCUT2D eigenvalue weighted by Crippen LogP contribution is 2.33. The van der Waals surface area contributed by atoms with Crippen molar-refractivity contribution >= 4 is 40.2 Å². The van der Waals surface area contributed by atoms with Crippen molar-refractivity contribution in [3.05, 3.63) is 29.9 Å². The molecule has 2 aromatic rings. The summed E-state index contributed by atoms with van der Waals surface area (Å²) >= 11 is 3.34. The quantitative estimate of drug-likeness (QED) is 0.488. The molecule has 0 aromatic carbocycles. The standard InChI is InChI=1S/C18H21N5O2S2/c24-15(22-18-21-12(9-27-18)11-5-7-19-8-6-11)4-2-1-3-14-16-13(10-26-14)20-17(25)23-16/h5-9,13-14,16H,1-4,10H2,(H2,20,23,25)(H,21,22,24)/t13-,14+,16+/m0/s1. The molecule has 9 heteroatoms. The van der Waals surface area contributed by atoms with Gasteiger partial charge >= 0.3 is 6.03 Å². The molecule has 0 radical (unpaired) electrons. The number of anilines is 1. The number of hydrogen-bond acceptors (Lipinski definition) is 6. The van der Waals surface area contributed by atoms with E-state index in [1.54, 1.807) is 12.4 Å². The Morgan fingerprint density at radius 2 is 2.11 bits per heavy atom. The maximum Gasteiger partial charge on any atom is 0.315 e. The molecule has 142 valence electrons. The van der Waals surface area contributed by atoms with Crippen LogP contribution in [0.5, 0.6) is 0 Å². The highest BCUT2D eigenvalue weighted by molar-refractivity contribution is 8.00. The number of aromatic nitrogens is 2. The van der Waals surface area contributed by atoms with Crippen LogP contribution in [0.2, 0.25) is 0 Å². The minimum absolute atomic E-state index is 0.00147. The second-order valence-electron chi connectivity index (χ2n) is 6.69. The topological polar surface area (TPSA) is 96.0 Å². The van der Waals surface area contributed by atoms with Gasteiger partial charge in [-0.15, -0.1) is 11.3 Å². The number of pyridine rings is 1. The molecule has 0 aliphatic carbocycles. The summed E-state index contributed by atoms with van der Waals surface area (Å²) in [5, 5.41) is 11.8. The van der Waals surface area contributed by atoms with Crippen molar-refractivity contribution in [3.8, 4) is 11.3 Å². The van der Waals surface area contributed by atoms with Crippen molar-refractivity contribution in [1.82, 2.24) is 20.6 Å². The molecule has 0 spiro atoms. The van der Waals surface area contributed by atoms with Gasteiger partial charge in [0.05, 0.1) is 17.8 Å². The van der Waals surface area contributed by atoms with Gasteiger partial charge in [-0.3, -0.25) is 9.78 Å². The van der Waals surface area contributed by atoms with Crippen LogP contribution in [0.15, 0.2) is 29.9 Å². The predicted octanol–water partition coefficient (Wildman–Crippen LogP) is 2.87. The van der Waals surface area contributed by atoms with Crippen LogP contribution in [-0.4, -0.2) is 45.0 Å². The van der Waals surface area contributed by atoms with E-state index < -0.39 is 0 Å². The Kier molecular flexibility index (Phi) is 5.58. The van der Waals surface area contributed by atoms with Crippen molar-refractivity contribution in [2.75, 3.05) is 11.1 Å². The third-order valence-corrected chi connectivity index (χ3v) is 7.07. The van der Waals surface area contributed by atoms with Gasteiger partial charge in [-0.2, -0.15) is 11.8 Å². The molecule has 2 aliphatic heterocycles. The molecular formula is C18H21N5O2S2. The average Bonchev–Trinajstić information content (AvgIpc) is 3.36. The summed E-state index contributed by atoms with van der Waals surface area (Å²) in [6.45, 7) is 0. The molecule has 3 N–H and O–H groups in total. The molecular weight excluding hydrogens is 382 g/mol. The highest BCUT2D eigenvalue weighted by atomic mass is 32.2. The van der Waals surface area contributed by atoms with Gasteiger partial charge < -0.3 is 16.0 Å². The maximum atomic E-state index is 12.2. The Balaban J connectivity index is 1.18. The predicted molar refractivity (Wildman–Crippen MR) is 108 cm³/mol. The highest BCUT2D eigenvalue weighted by Gasteiger charge is 2.42. The molecule has 3 amide bonds. The lowest BCUT2D eigenvalue weighted by molar-refractivity contribution is -0.116. The fourth-order valence-corrected chi connectivity index (χ4v) is 5.72. The number of fused-ring (bicyclic) bond motifs is 1. The minimum Gasteiger partial charge on any atom is -0.332 e. The number of nitrogens with zero attached hydrogens (tertiary/aromatic N) is 2. The average molecular weight is 404 g/mol. The van der Waals surface area contributed by atoms with E-state index in [4.69, 9.17) is 0 Å². The monoisotopic (exact) mass is 403 g/mol. The number of hydrogen-bond donors (Lipinski definition) is 3. The van der Waals surface area contributed by atoms with Crippen molar-refractivity contribution < 1.29 is 9.59 Å². The van der Waals surface area contributed by atoms with Crippen molar-refractivity contribution in [1.29, 1.82) is 0 Å². The van der Waals surface area contributed by atoms with Crippen LogP contribution >= 0.6 is 23.1 Å². The zero-order valence-electron chi connectivity index (χ0n) is 14.7. The smallest absolute Gasteiger partial charge is 0.315 e. The Hall–Kier alpha value is -2.13. The van der Waals surface area contributed by atoms with Crippen LogP contribution in [0.25, 0.3) is 11.3 Å². The number of thioether (sulfide) groups is 1. The second-order valence-corrected chi connectivity index (χ2v) is 8.82. The van der Waals surface area contributed by atoms with Crippen molar-refractivity contribution in [2.24, 2.45) is 0 Å². The van der Waals surface area contributed by atoms with Crippen molar-refractivity contribution in [3.63, 3.8) is 0 Å². The lowest BCUT2D eigenvalue weighted by atomic mass is 10.0. The molecule has 4 rings (SSSR count). The van der Waals surface area contributed by atoms with Crippen LogP contribution in [-0.2, 0) is 4.79 Å². The Morgan fingerprint density at radius 1 is 1.26 bits per heavy atom. The summed E-state index contributed by atoms with van der Waals surface area (Å²) in [5.74, 6) is 0.969. The fourth-order valence-electron chi connectivity index (χ4n) is 3.44. The summed E-state index contributed by atoms with van der Waals surface area (Å²) in [7, 11) is 0. The summed E-state index contributed by atoms with van der Waals surface area (Å²) in [5.41, 5.74) is 1.83. The number of carbonyl (C=O) groups excluding carboxylic acids is 2. The number of urea groups is 1. The van der Waals surface area contributed by atoms with E-state index in [0.29, 0.717) is 16.8 Å². The van der Waals surface area contributed by atoms with Gasteiger partial charge in [0.25, 0.3) is 0 Å². The molecule has 2 fully saturated rings. The number of rotatable bonds is 7. The molecule has 2 saturated heterocycles. The van der Waals surface area contributed by atoms with Crippen LogP contribution in [0.1, 0.15) is 25.7 Å². The summed E-state index contributed by atoms with van der Waals surface area (Å²) in [6.07, 6.45) is 6.77. The SMILES string of the molecule is O=C(CCCC[C@H]1SC[C@@H]2NC(=O)N[C@H]21)Nc1nc(-c2ccncc2)cs1. The largest absolute Gasteiger partial charge is 0.332 e. The summed E-state index contributed by atoms with van der Waals surface area (Å²) < 4.78 is 0. The number of thiazole rings is 1. The van der Waals surface area contributed by atoms with E-state index in [2.05, 4.69) is 25.9 Å². The number of unbranched alkanes of at least 4 members (excludes halogenated alkanes) is 1. The zero-order chi connectivity index (χ0) is 18.6. The van der Waals surface area contributed by atoms with E-state index in [-0.39, 0.29) is 24.0 Å². The molecule has 0 saturated carbocycles. The molecule has 7 nitrogen and oxygen atoms in total. The number of amides is 3. The Bertz CT molecular complexity index is 813. The molecule has 2 aromatic heterocycles. The third-order valence-electron chi connectivity index (χ3n) is 4.81. The normalized spacial score (nSPS) is 23.6. The first kappa shape index (κ1) is 18.2. The van der Waals surface area contributed by atoms with Gasteiger partial charge in [0.1, 0.15) is 0 Å². The number of nitrogens with one attached hydrogen (secondary N) is 3. The van der Waals surface area contributed by atoms with Crippen LogP contribution in [0.3, 0.4) is 0 Å². The van der Waals surface area contributed by atoms with E-state index >= 15 is 0 Å². The molecule has 4 heterocycles. The van der Waals surface area contributed by atoms with E-state index in [1.165, 1.54) is 11.3 Å². The minimum atomic E-state index is -0.0516. The molecule has 3 atom stereocenters. The first-order valence-electron chi connectivity index (χ1n) is 9.03. The van der Waals surface area contributed by atoms with Gasteiger partial charge in [0.15, 0.2) is 5.13 Å². The van der Waals surface area contributed by atoms with Gasteiger partial charge in [0, 0.05) is 40.8 Å². The molecule has 0 unspecified atom stereocenters. The second kappa shape index (κ2) is 8.26. The van der Waals surface area contributed by atoms with Gasteiger partial charge in [-0.25, -0.2) is 9.78 Å². The van der Waals surface area contributed by atoms with E-state index in [1.807, 2.05) is 29.3 Å². The van der Waals surface area contributed by atoms with Crippen LogP contribution in [0.4, 0.5) is 9.93 Å². The van der Waals surface area contributed by atoms with E-state index in [0.717, 1.165) is 36.3 Å². The first-order chi connectivity index (χ1) is 13.2. The lowest BCUT2D eigenvalue weighted by Crippen LogP contribution is -2.36. The van der Waals surface area contributed by atoms with Gasteiger partial charge in [-0.05, 0) is 25.0 Å². The van der Waals surface area contributed by atoms with Crippen molar-refractivity contribution in [2.45, 2.75) is 43.0 Å². The van der Waals surface area contributed by atoms with Crippen LogP contribution < -0.4 is 16.0 Å². The molecule has 2 aliphatic rings. The first-order valence-corrected chi connectivity index (χ1v) is 11.0. The maximum absolute atomic E-state index is 12.2. The van der Waals surface area contributed by atoms with Gasteiger partial charge in [-0.1, -0.05) is 6.42 Å². The summed E-state index contributed by atoms with van der Waals surface area (Å²) in [6, 6.07) is 4.24. The Labute approximate surface area is 165 Å². The fraction of sp³-hybridized carbons (Fsp3) is 0.444. The molecule has 0 bridgehead atoms.